The van der Waals surface area contributed by atoms with Gasteiger partial charge in [-0.1, -0.05) is 0 Å². The molecule has 1 amide bonds. The molecule has 0 aliphatic carbocycles. The Morgan fingerprint density at radius 2 is 1.92 bits per heavy atom. The van der Waals surface area contributed by atoms with Gasteiger partial charge in [-0.3, -0.25) is 4.79 Å². The highest BCUT2D eigenvalue weighted by atomic mass is 32.1. The van der Waals surface area contributed by atoms with E-state index >= 15 is 0 Å². The van der Waals surface area contributed by atoms with Crippen LogP contribution in [0.4, 0.5) is 5.69 Å². The first-order valence-corrected chi connectivity index (χ1v) is 13.9. The van der Waals surface area contributed by atoms with Crippen LogP contribution in [0, 0.1) is 13.8 Å². The second-order valence-electron chi connectivity index (χ2n) is 9.88. The maximum absolute atomic E-state index is 12.7. The van der Waals surface area contributed by atoms with Gasteiger partial charge in [0.25, 0.3) is 5.91 Å². The summed E-state index contributed by atoms with van der Waals surface area (Å²) in [6.45, 7) is 9.84. The molecular weight excluding hydrogens is 486 g/mol. The normalized spacial score (nSPS) is 16.5. The predicted octanol–water partition coefficient (Wildman–Crippen LogP) is 4.56. The van der Waals surface area contributed by atoms with E-state index in [2.05, 4.69) is 61.0 Å². The molecule has 196 valence electrons. The molecule has 1 N–H and O–H groups in total. The van der Waals surface area contributed by atoms with Gasteiger partial charge in [-0.2, -0.15) is 11.3 Å². The lowest BCUT2D eigenvalue weighted by atomic mass is 9.99. The van der Waals surface area contributed by atoms with Crippen molar-refractivity contribution >= 4 is 22.9 Å². The highest BCUT2D eigenvalue weighted by Gasteiger charge is 2.28. The number of likely N-dealkylation sites (tertiary alicyclic amines) is 1. The molecule has 0 unspecified atom stereocenters. The molecule has 8 nitrogen and oxygen atoms in total. The van der Waals surface area contributed by atoms with Crippen molar-refractivity contribution in [3.05, 3.63) is 63.9 Å². The Morgan fingerprint density at radius 3 is 2.65 bits per heavy atom. The van der Waals surface area contributed by atoms with E-state index in [9.17, 15) is 4.79 Å². The number of ether oxygens (including phenoxy) is 2. The van der Waals surface area contributed by atoms with Gasteiger partial charge in [0.1, 0.15) is 6.33 Å². The summed E-state index contributed by atoms with van der Waals surface area (Å²) in [5.74, 6) is 1.56. The molecule has 2 aliphatic rings. The number of piperidine rings is 1. The van der Waals surface area contributed by atoms with E-state index < -0.39 is 0 Å². The van der Waals surface area contributed by atoms with Gasteiger partial charge in [-0.15, -0.1) is 0 Å². The number of amides is 1. The number of aryl methyl sites for hydroxylation is 2. The third-order valence-corrected chi connectivity index (χ3v) is 8.22. The molecule has 1 aromatic carbocycles. The summed E-state index contributed by atoms with van der Waals surface area (Å²) in [7, 11) is 0. The van der Waals surface area contributed by atoms with Crippen molar-refractivity contribution in [2.24, 2.45) is 0 Å². The second-order valence-corrected chi connectivity index (χ2v) is 10.7. The summed E-state index contributed by atoms with van der Waals surface area (Å²) >= 11 is 1.74. The van der Waals surface area contributed by atoms with E-state index in [0.717, 1.165) is 61.8 Å². The molecule has 1 atom stereocenters. The van der Waals surface area contributed by atoms with Crippen LogP contribution in [0.2, 0.25) is 0 Å². The number of carbonyl (C=O) groups excluding carboxylic acids is 1. The highest BCUT2D eigenvalue weighted by Crippen LogP contribution is 2.37. The molecule has 9 heteroatoms. The van der Waals surface area contributed by atoms with Gasteiger partial charge in [0, 0.05) is 50.0 Å². The Morgan fingerprint density at radius 1 is 1.16 bits per heavy atom. The van der Waals surface area contributed by atoms with Crippen molar-refractivity contribution < 1.29 is 14.3 Å². The van der Waals surface area contributed by atoms with Gasteiger partial charge in [-0.25, -0.2) is 9.97 Å². The van der Waals surface area contributed by atoms with Gasteiger partial charge in [0.15, 0.2) is 11.5 Å². The third kappa shape index (κ3) is 5.88. The zero-order valence-electron chi connectivity index (χ0n) is 21.8. The maximum Gasteiger partial charge on any atom is 0.254 e. The highest BCUT2D eigenvalue weighted by molar-refractivity contribution is 7.07. The van der Waals surface area contributed by atoms with Crippen molar-refractivity contribution in [1.29, 1.82) is 0 Å². The Labute approximate surface area is 222 Å². The van der Waals surface area contributed by atoms with Gasteiger partial charge in [0.05, 0.1) is 17.0 Å². The minimum atomic E-state index is -0.0886. The lowest BCUT2D eigenvalue weighted by molar-refractivity contribution is 0.0943. The first kappa shape index (κ1) is 25.5. The molecule has 37 heavy (non-hydrogen) atoms. The summed E-state index contributed by atoms with van der Waals surface area (Å²) in [5.41, 5.74) is 4.54. The number of rotatable bonds is 9. The van der Waals surface area contributed by atoms with Gasteiger partial charge < -0.3 is 24.6 Å². The van der Waals surface area contributed by atoms with Crippen LogP contribution in [-0.2, 0) is 6.54 Å². The first-order chi connectivity index (χ1) is 18.0. The fourth-order valence-corrected chi connectivity index (χ4v) is 5.96. The van der Waals surface area contributed by atoms with Gasteiger partial charge in [0.2, 0.25) is 6.79 Å². The summed E-state index contributed by atoms with van der Waals surface area (Å²) in [6.07, 6.45) is 4.59. The topological polar surface area (TPSA) is 79.8 Å². The molecule has 1 saturated heterocycles. The standard InChI is InChI=1S/C28H35N5O3S/c1-19(6-10-29-28(34)27-20(2)30-17-31-21(27)3)32-11-7-23(8-12-32)33(15-22-9-13-37-16-22)24-4-5-25-26(14-24)36-18-35-25/h4-5,9,13-14,16-17,19,23H,6-8,10-12,15,18H2,1-3H3,(H,29,34)/t19-/m1/s1. The van der Waals surface area contributed by atoms with Crippen LogP contribution in [0.25, 0.3) is 0 Å². The molecule has 2 aliphatic heterocycles. The van der Waals surface area contributed by atoms with Crippen LogP contribution in [0.1, 0.15) is 53.5 Å². The number of benzene rings is 1. The molecule has 5 rings (SSSR count). The second kappa shape index (κ2) is 11.5. The zero-order chi connectivity index (χ0) is 25.8. The van der Waals surface area contributed by atoms with Gasteiger partial charge >= 0.3 is 0 Å². The average Bonchev–Trinajstić information content (AvgIpc) is 3.59. The molecule has 2 aromatic heterocycles. The average molecular weight is 522 g/mol. The molecule has 0 bridgehead atoms. The molecular formula is C28H35N5O3S. The molecule has 0 saturated carbocycles. The van der Waals surface area contributed by atoms with Crippen LogP contribution in [0.15, 0.2) is 41.4 Å². The number of hydrogen-bond acceptors (Lipinski definition) is 8. The van der Waals surface area contributed by atoms with Crippen LogP contribution >= 0.6 is 11.3 Å². The molecule has 1 fully saturated rings. The SMILES string of the molecule is Cc1ncnc(C)c1C(=O)NCC[C@@H](C)N1CCC(N(Cc2ccsc2)c2ccc3c(c2)OCO3)CC1. The zero-order valence-corrected chi connectivity index (χ0v) is 22.6. The molecule has 3 aromatic rings. The van der Waals surface area contributed by atoms with Crippen molar-refractivity contribution in [1.82, 2.24) is 20.2 Å². The predicted molar refractivity (Wildman–Crippen MR) is 146 cm³/mol. The van der Waals surface area contributed by atoms with Crippen LogP contribution in [-0.4, -0.2) is 59.3 Å². The number of fused-ring (bicyclic) bond motifs is 1. The smallest absolute Gasteiger partial charge is 0.254 e. The number of aromatic nitrogens is 2. The number of anilines is 1. The summed E-state index contributed by atoms with van der Waals surface area (Å²) in [5, 5.41) is 7.44. The third-order valence-electron chi connectivity index (χ3n) is 7.49. The van der Waals surface area contributed by atoms with Gasteiger partial charge in [-0.05, 0) is 74.6 Å². The Kier molecular flexibility index (Phi) is 7.90. The van der Waals surface area contributed by atoms with E-state index in [-0.39, 0.29) is 5.91 Å². The first-order valence-electron chi connectivity index (χ1n) is 13.0. The minimum absolute atomic E-state index is 0.0886. The lowest BCUT2D eigenvalue weighted by Crippen LogP contribution is -2.48. The monoisotopic (exact) mass is 521 g/mol. The molecule has 0 radical (unpaired) electrons. The number of carbonyl (C=O) groups is 1. The molecule has 4 heterocycles. The Bertz CT molecular complexity index is 1190. The van der Waals surface area contributed by atoms with Crippen molar-refractivity contribution in [3.63, 3.8) is 0 Å². The summed E-state index contributed by atoms with van der Waals surface area (Å²) in [4.78, 5) is 26.1. The lowest BCUT2D eigenvalue weighted by Gasteiger charge is -2.42. The Balaban J connectivity index is 1.16. The van der Waals surface area contributed by atoms with Crippen molar-refractivity contribution in [2.45, 2.75) is 58.7 Å². The van der Waals surface area contributed by atoms with Crippen molar-refractivity contribution in [2.75, 3.05) is 31.3 Å². The van der Waals surface area contributed by atoms with Crippen molar-refractivity contribution in [3.8, 4) is 11.5 Å². The van der Waals surface area contributed by atoms with Crippen LogP contribution in [0.5, 0.6) is 11.5 Å². The maximum atomic E-state index is 12.7. The minimum Gasteiger partial charge on any atom is -0.454 e. The number of nitrogens with zero attached hydrogens (tertiary/aromatic N) is 4. The summed E-state index contributed by atoms with van der Waals surface area (Å²) < 4.78 is 11.2. The fraction of sp³-hybridized carbons (Fsp3) is 0.464. The van der Waals surface area contributed by atoms with Crippen LogP contribution < -0.4 is 19.7 Å². The van der Waals surface area contributed by atoms with Crippen LogP contribution in [0.3, 0.4) is 0 Å². The van der Waals surface area contributed by atoms with E-state index in [4.69, 9.17) is 9.47 Å². The quantitative estimate of drug-likeness (QED) is 0.442. The van der Waals surface area contributed by atoms with E-state index in [1.807, 2.05) is 19.9 Å². The van der Waals surface area contributed by atoms with E-state index in [1.54, 1.807) is 11.3 Å². The number of thiophene rings is 1. The summed E-state index contributed by atoms with van der Waals surface area (Å²) in [6, 6.07) is 9.35. The largest absolute Gasteiger partial charge is 0.454 e. The Hall–Kier alpha value is -3.17. The van der Waals surface area contributed by atoms with E-state index in [1.165, 1.54) is 17.6 Å². The van der Waals surface area contributed by atoms with E-state index in [0.29, 0.717) is 31.0 Å². The molecule has 0 spiro atoms. The number of nitrogens with one attached hydrogen (secondary N) is 1. The fourth-order valence-electron chi connectivity index (χ4n) is 5.30. The number of hydrogen-bond donors (Lipinski definition) is 1.